The van der Waals surface area contributed by atoms with Crippen LogP contribution in [0.1, 0.15) is 29.3 Å². The minimum absolute atomic E-state index is 0.0425. The number of nitrogens with zero attached hydrogens (tertiary/aromatic N) is 1. The number of aryl methyl sites for hydroxylation is 1. The number of carbonyl (C=O) groups is 1. The Labute approximate surface area is 89.3 Å². The number of amides is 1. The number of benzene rings is 1. The van der Waals surface area contributed by atoms with Crippen LogP contribution in [0.4, 0.5) is 0 Å². The Morgan fingerprint density at radius 1 is 1.47 bits per heavy atom. The molecule has 1 aromatic carbocycles. The van der Waals surface area contributed by atoms with E-state index in [4.69, 9.17) is 0 Å². The van der Waals surface area contributed by atoms with Crippen LogP contribution in [0.2, 0.25) is 0 Å². The van der Waals surface area contributed by atoms with Crippen LogP contribution < -0.4 is 0 Å². The van der Waals surface area contributed by atoms with Gasteiger partial charge in [0.25, 0.3) is 5.91 Å². The topological polar surface area (TPSA) is 40.5 Å². The van der Waals surface area contributed by atoms with E-state index in [1.165, 1.54) is 0 Å². The molecule has 0 saturated heterocycles. The van der Waals surface area contributed by atoms with Crippen molar-refractivity contribution in [3.05, 3.63) is 29.3 Å². The van der Waals surface area contributed by atoms with Gasteiger partial charge in [0.05, 0.1) is 0 Å². The second-order valence-corrected chi connectivity index (χ2v) is 3.83. The van der Waals surface area contributed by atoms with Crippen molar-refractivity contribution in [2.24, 2.45) is 0 Å². The lowest BCUT2D eigenvalue weighted by molar-refractivity contribution is 0.0769. The molecule has 0 radical (unpaired) electrons. The molecule has 3 nitrogen and oxygen atoms in total. The summed E-state index contributed by atoms with van der Waals surface area (Å²) in [5, 5.41) is 9.39. The first-order valence-electron chi connectivity index (χ1n) is 5.33. The lowest BCUT2D eigenvalue weighted by atomic mass is 10.0. The van der Waals surface area contributed by atoms with E-state index in [0.29, 0.717) is 5.56 Å². The average Bonchev–Trinajstić information content (AvgIpc) is 2.39. The van der Waals surface area contributed by atoms with Crippen molar-refractivity contribution >= 4 is 5.91 Å². The fourth-order valence-electron chi connectivity index (χ4n) is 2.02. The first-order chi connectivity index (χ1) is 7.22. The third-order valence-electron chi connectivity index (χ3n) is 2.87. The Kier molecular flexibility index (Phi) is 2.62. The first-order valence-corrected chi connectivity index (χ1v) is 5.33. The minimum Gasteiger partial charge on any atom is -0.508 e. The van der Waals surface area contributed by atoms with E-state index in [2.05, 4.69) is 0 Å². The van der Waals surface area contributed by atoms with Crippen molar-refractivity contribution in [3.63, 3.8) is 0 Å². The highest BCUT2D eigenvalue weighted by atomic mass is 16.3. The maximum atomic E-state index is 12.0. The smallest absolute Gasteiger partial charge is 0.254 e. The van der Waals surface area contributed by atoms with Gasteiger partial charge in [0.1, 0.15) is 5.75 Å². The minimum atomic E-state index is 0.0425. The van der Waals surface area contributed by atoms with Crippen molar-refractivity contribution < 1.29 is 9.90 Å². The van der Waals surface area contributed by atoms with E-state index in [1.54, 1.807) is 12.1 Å². The summed E-state index contributed by atoms with van der Waals surface area (Å²) in [5.41, 5.74) is 1.71. The molecule has 0 spiro atoms. The molecule has 0 aromatic heterocycles. The molecule has 0 unspecified atom stereocenters. The molecule has 0 bridgehead atoms. The molecule has 1 heterocycles. The zero-order chi connectivity index (χ0) is 10.8. The van der Waals surface area contributed by atoms with Crippen LogP contribution in [0, 0.1) is 0 Å². The maximum absolute atomic E-state index is 12.0. The van der Waals surface area contributed by atoms with Crippen LogP contribution in [-0.4, -0.2) is 29.0 Å². The fraction of sp³-hybridized carbons (Fsp3) is 0.417. The summed E-state index contributed by atoms with van der Waals surface area (Å²) in [6.45, 7) is 3.52. The van der Waals surface area contributed by atoms with Crippen molar-refractivity contribution in [2.45, 2.75) is 19.8 Å². The molecule has 0 saturated carbocycles. The zero-order valence-corrected chi connectivity index (χ0v) is 8.86. The average molecular weight is 205 g/mol. The van der Waals surface area contributed by atoms with Gasteiger partial charge in [-0.25, -0.2) is 0 Å². The lowest BCUT2D eigenvalue weighted by Crippen LogP contribution is -2.30. The third kappa shape index (κ3) is 1.82. The van der Waals surface area contributed by atoms with Gasteiger partial charge in [-0.15, -0.1) is 0 Å². The zero-order valence-electron chi connectivity index (χ0n) is 8.86. The molecule has 1 aliphatic heterocycles. The van der Waals surface area contributed by atoms with Crippen LogP contribution in [0.5, 0.6) is 5.75 Å². The Morgan fingerprint density at radius 3 is 3.00 bits per heavy atom. The second kappa shape index (κ2) is 3.93. The van der Waals surface area contributed by atoms with Gasteiger partial charge in [0.15, 0.2) is 0 Å². The van der Waals surface area contributed by atoms with E-state index in [1.807, 2.05) is 17.9 Å². The van der Waals surface area contributed by atoms with Gasteiger partial charge < -0.3 is 10.0 Å². The largest absolute Gasteiger partial charge is 0.508 e. The van der Waals surface area contributed by atoms with Crippen molar-refractivity contribution in [1.82, 2.24) is 4.90 Å². The Balaban J connectivity index is 2.44. The summed E-state index contributed by atoms with van der Waals surface area (Å²) in [5.74, 6) is 0.209. The van der Waals surface area contributed by atoms with Crippen LogP contribution in [-0.2, 0) is 6.42 Å². The number of phenolic OH excluding ortho intramolecular Hbond substituents is 1. The van der Waals surface area contributed by atoms with Gasteiger partial charge in [-0.05, 0) is 37.5 Å². The summed E-state index contributed by atoms with van der Waals surface area (Å²) in [7, 11) is 0. The standard InChI is InChI=1S/C12H15NO2/c1-2-13-7-3-4-9-5-6-10(14)8-11(9)12(13)15/h5-6,8,14H,2-4,7H2,1H3. The van der Waals surface area contributed by atoms with Crippen LogP contribution in [0.3, 0.4) is 0 Å². The highest BCUT2D eigenvalue weighted by Crippen LogP contribution is 2.22. The Hall–Kier alpha value is -1.51. The molecule has 1 amide bonds. The molecule has 3 heteroatoms. The van der Waals surface area contributed by atoms with Crippen LogP contribution in [0.25, 0.3) is 0 Å². The van der Waals surface area contributed by atoms with Crippen LogP contribution >= 0.6 is 0 Å². The van der Waals surface area contributed by atoms with E-state index in [9.17, 15) is 9.90 Å². The predicted octanol–water partition coefficient (Wildman–Crippen LogP) is 1.80. The molecule has 1 aliphatic rings. The molecular weight excluding hydrogens is 190 g/mol. The summed E-state index contributed by atoms with van der Waals surface area (Å²) >= 11 is 0. The number of fused-ring (bicyclic) bond motifs is 1. The second-order valence-electron chi connectivity index (χ2n) is 3.83. The summed E-state index contributed by atoms with van der Waals surface area (Å²) < 4.78 is 0. The Bertz CT molecular complexity index is 387. The SMILES string of the molecule is CCN1CCCc2ccc(O)cc2C1=O. The molecule has 1 aromatic rings. The highest BCUT2D eigenvalue weighted by Gasteiger charge is 2.21. The maximum Gasteiger partial charge on any atom is 0.254 e. The number of hydrogen-bond acceptors (Lipinski definition) is 2. The van der Waals surface area contributed by atoms with Crippen LogP contribution in [0.15, 0.2) is 18.2 Å². The molecule has 80 valence electrons. The molecule has 15 heavy (non-hydrogen) atoms. The number of rotatable bonds is 1. The highest BCUT2D eigenvalue weighted by molar-refractivity contribution is 5.96. The van der Waals surface area contributed by atoms with E-state index >= 15 is 0 Å². The lowest BCUT2D eigenvalue weighted by Gasteiger charge is -2.18. The van der Waals surface area contributed by atoms with Gasteiger partial charge in [-0.2, -0.15) is 0 Å². The summed E-state index contributed by atoms with van der Waals surface area (Å²) in [6.07, 6.45) is 1.91. The summed E-state index contributed by atoms with van der Waals surface area (Å²) in [4.78, 5) is 13.9. The number of carbonyl (C=O) groups excluding carboxylic acids is 1. The first kappa shape index (κ1) is 10.0. The van der Waals surface area contributed by atoms with Crippen molar-refractivity contribution in [2.75, 3.05) is 13.1 Å². The van der Waals surface area contributed by atoms with E-state index in [0.717, 1.165) is 31.5 Å². The van der Waals surface area contributed by atoms with Crippen molar-refractivity contribution in [1.29, 1.82) is 0 Å². The van der Waals surface area contributed by atoms with Gasteiger partial charge in [0.2, 0.25) is 0 Å². The van der Waals surface area contributed by atoms with Crippen molar-refractivity contribution in [3.8, 4) is 5.75 Å². The van der Waals surface area contributed by atoms with Gasteiger partial charge in [-0.3, -0.25) is 4.79 Å². The predicted molar refractivity (Wildman–Crippen MR) is 58.0 cm³/mol. The molecule has 2 rings (SSSR count). The third-order valence-corrected chi connectivity index (χ3v) is 2.87. The molecular formula is C12H15NO2. The quantitative estimate of drug-likeness (QED) is 0.759. The number of hydrogen-bond donors (Lipinski definition) is 1. The van der Waals surface area contributed by atoms with E-state index in [-0.39, 0.29) is 11.7 Å². The molecule has 0 fully saturated rings. The van der Waals surface area contributed by atoms with Gasteiger partial charge in [0, 0.05) is 18.7 Å². The number of aromatic hydroxyl groups is 1. The van der Waals surface area contributed by atoms with Gasteiger partial charge >= 0.3 is 0 Å². The normalized spacial score (nSPS) is 16.1. The molecule has 1 N–H and O–H groups in total. The molecule has 0 atom stereocenters. The monoisotopic (exact) mass is 205 g/mol. The molecule has 0 aliphatic carbocycles. The van der Waals surface area contributed by atoms with Gasteiger partial charge in [-0.1, -0.05) is 6.07 Å². The number of phenols is 1. The summed E-state index contributed by atoms with van der Waals surface area (Å²) in [6, 6.07) is 5.07. The fourth-order valence-corrected chi connectivity index (χ4v) is 2.02. The van der Waals surface area contributed by atoms with E-state index < -0.39 is 0 Å². The Morgan fingerprint density at radius 2 is 2.27 bits per heavy atom.